The van der Waals surface area contributed by atoms with E-state index in [1.165, 1.54) is 6.07 Å². The summed E-state index contributed by atoms with van der Waals surface area (Å²) in [4.78, 5) is 33.5. The maximum absolute atomic E-state index is 12.9. The third-order valence-electron chi connectivity index (χ3n) is 4.35. The number of nitrogens with zero attached hydrogens (tertiary/aromatic N) is 2. The number of hydrogen-bond acceptors (Lipinski definition) is 4. The highest BCUT2D eigenvalue weighted by Crippen LogP contribution is 2.23. The lowest BCUT2D eigenvalue weighted by Gasteiger charge is -2.10. The zero-order valence-electron chi connectivity index (χ0n) is 14.4. The Labute approximate surface area is 154 Å². The van der Waals surface area contributed by atoms with Crippen LogP contribution in [0.15, 0.2) is 60.7 Å². The van der Waals surface area contributed by atoms with Crippen LogP contribution in [0.3, 0.4) is 0 Å². The molecule has 1 aromatic heterocycles. The largest absolute Gasteiger partial charge is 0.478 e. The van der Waals surface area contributed by atoms with Crippen LogP contribution in [0.25, 0.3) is 22.1 Å². The number of nitrogens with one attached hydrogen (secondary N) is 1. The van der Waals surface area contributed by atoms with E-state index in [-0.39, 0.29) is 11.3 Å². The summed E-state index contributed by atoms with van der Waals surface area (Å²) in [6, 6.07) is 17.2. The van der Waals surface area contributed by atoms with Crippen LogP contribution < -0.4 is 5.32 Å². The Bertz CT molecular complexity index is 1220. The zero-order valence-corrected chi connectivity index (χ0v) is 14.4. The Morgan fingerprint density at radius 1 is 0.815 bits per heavy atom. The van der Waals surface area contributed by atoms with Crippen LogP contribution in [0.2, 0.25) is 0 Å². The standard InChI is InChI=1S/C21H15N3O3/c1-12-6-4-10-16-18(12)24-19-14(8-5-11-17(19)22-16)20(25)23-15-9-3-2-7-13(15)21(26)27/h2-11H,1H3,(H,23,25)(H,26,27). The first-order chi connectivity index (χ1) is 13.0. The summed E-state index contributed by atoms with van der Waals surface area (Å²) in [5.74, 6) is -1.54. The maximum atomic E-state index is 12.9. The summed E-state index contributed by atoms with van der Waals surface area (Å²) < 4.78 is 0. The van der Waals surface area contributed by atoms with Gasteiger partial charge in [-0.1, -0.05) is 30.3 Å². The molecule has 0 fully saturated rings. The van der Waals surface area contributed by atoms with Crippen molar-refractivity contribution in [2.75, 3.05) is 5.32 Å². The number of aromatic carboxylic acids is 1. The Kier molecular flexibility index (Phi) is 4.01. The first-order valence-corrected chi connectivity index (χ1v) is 8.34. The van der Waals surface area contributed by atoms with E-state index in [0.29, 0.717) is 16.6 Å². The highest BCUT2D eigenvalue weighted by molar-refractivity contribution is 6.13. The molecule has 132 valence electrons. The molecule has 4 rings (SSSR count). The Morgan fingerprint density at radius 2 is 1.48 bits per heavy atom. The topological polar surface area (TPSA) is 92.2 Å². The molecule has 0 aliphatic heterocycles. The second kappa shape index (κ2) is 6.49. The monoisotopic (exact) mass is 357 g/mol. The molecular formula is C21H15N3O3. The summed E-state index contributed by atoms with van der Waals surface area (Å²) >= 11 is 0. The van der Waals surface area contributed by atoms with Gasteiger partial charge in [-0.2, -0.15) is 0 Å². The number of anilines is 1. The molecule has 0 saturated carbocycles. The molecule has 0 spiro atoms. The fourth-order valence-electron chi connectivity index (χ4n) is 3.01. The Hall–Kier alpha value is -3.80. The third kappa shape index (κ3) is 2.97. The van der Waals surface area contributed by atoms with E-state index in [4.69, 9.17) is 0 Å². The Balaban J connectivity index is 1.83. The smallest absolute Gasteiger partial charge is 0.337 e. The van der Waals surface area contributed by atoms with E-state index in [9.17, 15) is 14.7 Å². The molecule has 0 atom stereocenters. The highest BCUT2D eigenvalue weighted by atomic mass is 16.4. The van der Waals surface area contributed by atoms with Gasteiger partial charge in [0, 0.05) is 0 Å². The van der Waals surface area contributed by atoms with Gasteiger partial charge < -0.3 is 10.4 Å². The molecule has 27 heavy (non-hydrogen) atoms. The van der Waals surface area contributed by atoms with Crippen LogP contribution in [-0.4, -0.2) is 27.0 Å². The van der Waals surface area contributed by atoms with Crippen molar-refractivity contribution in [2.45, 2.75) is 6.92 Å². The van der Waals surface area contributed by atoms with Gasteiger partial charge >= 0.3 is 5.97 Å². The van der Waals surface area contributed by atoms with E-state index < -0.39 is 11.9 Å². The number of aryl methyl sites for hydroxylation is 1. The Morgan fingerprint density at radius 3 is 2.26 bits per heavy atom. The molecule has 2 N–H and O–H groups in total. The minimum Gasteiger partial charge on any atom is -0.478 e. The number of amides is 1. The molecule has 0 aliphatic rings. The van der Waals surface area contributed by atoms with Crippen LogP contribution in [-0.2, 0) is 0 Å². The molecule has 0 saturated heterocycles. The summed E-state index contributed by atoms with van der Waals surface area (Å²) in [5, 5.41) is 12.0. The van der Waals surface area contributed by atoms with E-state index in [2.05, 4.69) is 15.3 Å². The molecule has 6 nitrogen and oxygen atoms in total. The molecule has 0 radical (unpaired) electrons. The van der Waals surface area contributed by atoms with Crippen molar-refractivity contribution in [2.24, 2.45) is 0 Å². The maximum Gasteiger partial charge on any atom is 0.337 e. The van der Waals surface area contributed by atoms with Crippen LogP contribution in [0, 0.1) is 6.92 Å². The minimum absolute atomic E-state index is 0.0264. The van der Waals surface area contributed by atoms with Gasteiger partial charge in [-0.25, -0.2) is 14.8 Å². The number of para-hydroxylation sites is 3. The van der Waals surface area contributed by atoms with E-state index >= 15 is 0 Å². The van der Waals surface area contributed by atoms with Gasteiger partial charge in [0.1, 0.15) is 5.52 Å². The molecule has 3 aromatic carbocycles. The normalized spacial score (nSPS) is 10.9. The second-order valence-corrected chi connectivity index (χ2v) is 6.14. The van der Waals surface area contributed by atoms with E-state index in [1.807, 2.05) is 25.1 Å². The second-order valence-electron chi connectivity index (χ2n) is 6.14. The fourth-order valence-corrected chi connectivity index (χ4v) is 3.01. The van der Waals surface area contributed by atoms with Crippen molar-refractivity contribution in [3.63, 3.8) is 0 Å². The summed E-state index contributed by atoms with van der Waals surface area (Å²) in [5.41, 5.74) is 4.14. The average Bonchev–Trinajstić information content (AvgIpc) is 2.66. The van der Waals surface area contributed by atoms with Crippen molar-refractivity contribution in [1.82, 2.24) is 9.97 Å². The van der Waals surface area contributed by atoms with Crippen LogP contribution >= 0.6 is 0 Å². The summed E-state index contributed by atoms with van der Waals surface area (Å²) in [7, 11) is 0. The quantitative estimate of drug-likeness (QED) is 0.540. The average molecular weight is 357 g/mol. The molecule has 1 amide bonds. The van der Waals surface area contributed by atoms with Gasteiger partial charge in [-0.05, 0) is 42.8 Å². The molecule has 1 heterocycles. The number of carboxylic acid groups (broad SMARTS) is 1. The number of carboxylic acids is 1. The van der Waals surface area contributed by atoms with E-state index in [1.54, 1.807) is 36.4 Å². The van der Waals surface area contributed by atoms with Gasteiger partial charge in [0.05, 0.1) is 33.4 Å². The number of hydrogen-bond donors (Lipinski definition) is 2. The molecule has 6 heteroatoms. The van der Waals surface area contributed by atoms with Gasteiger partial charge in [0.15, 0.2) is 0 Å². The SMILES string of the molecule is Cc1cccc2nc3cccc(C(=O)Nc4ccccc4C(=O)O)c3nc12. The number of fused-ring (bicyclic) bond motifs is 2. The number of aromatic nitrogens is 2. The first kappa shape index (κ1) is 16.7. The van der Waals surface area contributed by atoms with Gasteiger partial charge in [0.25, 0.3) is 5.91 Å². The summed E-state index contributed by atoms with van der Waals surface area (Å²) in [6.07, 6.45) is 0. The third-order valence-corrected chi connectivity index (χ3v) is 4.35. The molecule has 0 aliphatic carbocycles. The van der Waals surface area contributed by atoms with Crippen molar-refractivity contribution in [1.29, 1.82) is 0 Å². The molecular weight excluding hydrogens is 342 g/mol. The minimum atomic E-state index is -1.11. The van der Waals surface area contributed by atoms with Crippen LogP contribution in [0.4, 0.5) is 5.69 Å². The number of carbonyl (C=O) groups is 2. The molecule has 0 unspecified atom stereocenters. The first-order valence-electron chi connectivity index (χ1n) is 8.34. The van der Waals surface area contributed by atoms with Crippen LogP contribution in [0.1, 0.15) is 26.3 Å². The van der Waals surface area contributed by atoms with Crippen molar-refractivity contribution in [3.05, 3.63) is 77.4 Å². The van der Waals surface area contributed by atoms with Crippen molar-refractivity contribution >= 4 is 39.6 Å². The predicted octanol–water partition coefficient (Wildman–Crippen LogP) is 4.04. The molecule has 0 bridgehead atoms. The van der Waals surface area contributed by atoms with Gasteiger partial charge in [-0.15, -0.1) is 0 Å². The highest BCUT2D eigenvalue weighted by Gasteiger charge is 2.16. The number of rotatable bonds is 3. The van der Waals surface area contributed by atoms with Gasteiger partial charge in [-0.3, -0.25) is 4.79 Å². The lowest BCUT2D eigenvalue weighted by Crippen LogP contribution is -2.15. The lowest BCUT2D eigenvalue weighted by molar-refractivity contribution is 0.0698. The lowest BCUT2D eigenvalue weighted by atomic mass is 10.1. The predicted molar refractivity (Wildman–Crippen MR) is 103 cm³/mol. The zero-order chi connectivity index (χ0) is 19.0. The fraction of sp³-hybridized carbons (Fsp3) is 0.0476. The van der Waals surface area contributed by atoms with Crippen molar-refractivity contribution in [3.8, 4) is 0 Å². The van der Waals surface area contributed by atoms with Crippen molar-refractivity contribution < 1.29 is 14.7 Å². The van der Waals surface area contributed by atoms with Gasteiger partial charge in [0.2, 0.25) is 0 Å². The number of benzene rings is 3. The molecule has 4 aromatic rings. The van der Waals surface area contributed by atoms with Crippen LogP contribution in [0.5, 0.6) is 0 Å². The summed E-state index contributed by atoms with van der Waals surface area (Å²) in [6.45, 7) is 1.94. The number of carbonyl (C=O) groups excluding carboxylic acids is 1. The van der Waals surface area contributed by atoms with E-state index in [0.717, 1.165) is 16.6 Å².